The molecule has 1 aromatic rings. The Morgan fingerprint density at radius 1 is 1.26 bits per heavy atom. The van der Waals surface area contributed by atoms with Crippen molar-refractivity contribution in [2.45, 2.75) is 52.2 Å². The third-order valence-corrected chi connectivity index (χ3v) is 5.05. The number of fused-ring (bicyclic) bond motifs is 1. The van der Waals surface area contributed by atoms with Gasteiger partial charge in [-0.15, -0.1) is 0 Å². The van der Waals surface area contributed by atoms with E-state index in [1.54, 1.807) is 5.56 Å². The van der Waals surface area contributed by atoms with Gasteiger partial charge in [0.25, 0.3) is 0 Å². The first-order valence-corrected chi connectivity index (χ1v) is 7.79. The summed E-state index contributed by atoms with van der Waals surface area (Å²) < 4.78 is 0. The average Bonchev–Trinajstić information content (AvgIpc) is 2.44. The van der Waals surface area contributed by atoms with Crippen LogP contribution in [0.3, 0.4) is 0 Å². The number of piperidine rings is 1. The van der Waals surface area contributed by atoms with Crippen LogP contribution in [0.25, 0.3) is 0 Å². The lowest BCUT2D eigenvalue weighted by molar-refractivity contribution is 0.106. The van der Waals surface area contributed by atoms with Crippen LogP contribution in [-0.2, 0) is 19.5 Å². The number of hydrogen-bond acceptors (Lipinski definition) is 2. The Morgan fingerprint density at radius 2 is 2.16 bits per heavy atom. The Labute approximate surface area is 117 Å². The second-order valence-corrected chi connectivity index (χ2v) is 6.36. The van der Waals surface area contributed by atoms with Gasteiger partial charge < -0.3 is 5.32 Å². The molecule has 1 aromatic carbocycles. The molecular weight excluding hydrogens is 232 g/mol. The number of nitrogens with zero attached hydrogens (tertiary/aromatic N) is 1. The van der Waals surface area contributed by atoms with Crippen LogP contribution in [0.15, 0.2) is 18.2 Å². The van der Waals surface area contributed by atoms with E-state index in [0.29, 0.717) is 0 Å². The first-order valence-electron chi connectivity index (χ1n) is 7.79. The predicted octanol–water partition coefficient (Wildman–Crippen LogP) is 2.95. The van der Waals surface area contributed by atoms with Crippen molar-refractivity contribution in [3.63, 3.8) is 0 Å². The topological polar surface area (TPSA) is 15.3 Å². The molecule has 0 bridgehead atoms. The number of benzene rings is 1. The van der Waals surface area contributed by atoms with Gasteiger partial charge in [-0.2, -0.15) is 0 Å². The van der Waals surface area contributed by atoms with Gasteiger partial charge >= 0.3 is 0 Å². The molecule has 2 heterocycles. The molecule has 0 amide bonds. The van der Waals surface area contributed by atoms with Crippen molar-refractivity contribution in [2.24, 2.45) is 5.92 Å². The van der Waals surface area contributed by atoms with Gasteiger partial charge in [-0.25, -0.2) is 0 Å². The molecule has 1 N–H and O–H groups in total. The van der Waals surface area contributed by atoms with Crippen molar-refractivity contribution in [1.82, 2.24) is 10.2 Å². The van der Waals surface area contributed by atoms with Crippen molar-refractivity contribution < 1.29 is 0 Å². The second-order valence-electron chi connectivity index (χ2n) is 6.36. The fraction of sp³-hybridized carbons (Fsp3) is 0.647. The number of likely N-dealkylation sites (tertiary alicyclic amines) is 1. The van der Waals surface area contributed by atoms with Gasteiger partial charge in [0.2, 0.25) is 0 Å². The highest BCUT2D eigenvalue weighted by Crippen LogP contribution is 2.25. The first-order chi connectivity index (χ1) is 9.24. The molecule has 0 aromatic heterocycles. The van der Waals surface area contributed by atoms with E-state index in [1.807, 2.05) is 0 Å². The van der Waals surface area contributed by atoms with E-state index < -0.39 is 0 Å². The van der Waals surface area contributed by atoms with E-state index in [0.717, 1.165) is 31.6 Å². The Morgan fingerprint density at radius 3 is 3.05 bits per heavy atom. The molecule has 0 radical (unpaired) electrons. The van der Waals surface area contributed by atoms with Crippen molar-refractivity contribution in [3.05, 3.63) is 34.9 Å². The minimum Gasteiger partial charge on any atom is -0.312 e. The molecule has 1 saturated heterocycles. The summed E-state index contributed by atoms with van der Waals surface area (Å²) in [5, 5.41) is 3.47. The standard InChI is InChI=1S/C17H26N2/c1-13-4-3-9-19(14(13)2)12-15-5-6-16-7-8-18-11-17(16)10-15/h5-6,10,13-14,18H,3-4,7-9,11-12H2,1-2H3. The van der Waals surface area contributed by atoms with E-state index in [-0.39, 0.29) is 0 Å². The van der Waals surface area contributed by atoms with E-state index in [2.05, 4.69) is 42.3 Å². The molecular formula is C17H26N2. The lowest BCUT2D eigenvalue weighted by atomic mass is 9.91. The molecule has 2 aliphatic heterocycles. The molecule has 0 spiro atoms. The van der Waals surface area contributed by atoms with Crippen LogP contribution >= 0.6 is 0 Å². The number of rotatable bonds is 2. The van der Waals surface area contributed by atoms with Crippen molar-refractivity contribution in [3.8, 4) is 0 Å². The quantitative estimate of drug-likeness (QED) is 0.877. The van der Waals surface area contributed by atoms with E-state index in [9.17, 15) is 0 Å². The number of nitrogens with one attached hydrogen (secondary N) is 1. The molecule has 2 atom stereocenters. The summed E-state index contributed by atoms with van der Waals surface area (Å²) in [5.74, 6) is 0.841. The lowest BCUT2D eigenvalue weighted by Gasteiger charge is -2.38. The van der Waals surface area contributed by atoms with Gasteiger partial charge in [-0.1, -0.05) is 25.1 Å². The van der Waals surface area contributed by atoms with E-state index in [4.69, 9.17) is 0 Å². The molecule has 2 aliphatic rings. The SMILES string of the molecule is CC1CCCN(Cc2ccc3c(c2)CNCC3)C1C. The highest BCUT2D eigenvalue weighted by atomic mass is 15.2. The summed E-state index contributed by atoms with van der Waals surface area (Å²) in [6, 6.07) is 7.84. The van der Waals surface area contributed by atoms with Crippen LogP contribution in [0.2, 0.25) is 0 Å². The maximum absolute atomic E-state index is 3.47. The molecule has 104 valence electrons. The Bertz CT molecular complexity index is 441. The fourth-order valence-corrected chi connectivity index (χ4v) is 3.51. The summed E-state index contributed by atoms with van der Waals surface area (Å²) in [4.78, 5) is 2.66. The molecule has 3 rings (SSSR count). The molecule has 0 saturated carbocycles. The van der Waals surface area contributed by atoms with Crippen molar-refractivity contribution in [1.29, 1.82) is 0 Å². The Hall–Kier alpha value is -0.860. The highest BCUT2D eigenvalue weighted by molar-refractivity contribution is 5.33. The maximum Gasteiger partial charge on any atom is 0.0236 e. The minimum absolute atomic E-state index is 0.725. The van der Waals surface area contributed by atoms with E-state index in [1.165, 1.54) is 36.9 Å². The fourth-order valence-electron chi connectivity index (χ4n) is 3.51. The van der Waals surface area contributed by atoms with Crippen LogP contribution < -0.4 is 5.32 Å². The second kappa shape index (κ2) is 5.64. The summed E-state index contributed by atoms with van der Waals surface area (Å²) in [6.07, 6.45) is 3.94. The lowest BCUT2D eigenvalue weighted by Crippen LogP contribution is -2.41. The zero-order valence-corrected chi connectivity index (χ0v) is 12.3. The Kier molecular flexibility index (Phi) is 3.90. The highest BCUT2D eigenvalue weighted by Gasteiger charge is 2.24. The minimum atomic E-state index is 0.725. The molecule has 19 heavy (non-hydrogen) atoms. The molecule has 0 aliphatic carbocycles. The molecule has 1 fully saturated rings. The summed E-state index contributed by atoms with van der Waals surface area (Å²) >= 11 is 0. The molecule has 2 heteroatoms. The van der Waals surface area contributed by atoms with E-state index >= 15 is 0 Å². The predicted molar refractivity (Wildman–Crippen MR) is 80.1 cm³/mol. The van der Waals surface area contributed by atoms with Gasteiger partial charge in [0, 0.05) is 19.1 Å². The van der Waals surface area contributed by atoms with Gasteiger partial charge in [0.1, 0.15) is 0 Å². The smallest absolute Gasteiger partial charge is 0.0236 e. The number of hydrogen-bond donors (Lipinski definition) is 1. The third-order valence-electron chi connectivity index (χ3n) is 5.05. The summed E-state index contributed by atoms with van der Waals surface area (Å²) in [6.45, 7) is 9.36. The summed E-state index contributed by atoms with van der Waals surface area (Å²) in [7, 11) is 0. The zero-order valence-electron chi connectivity index (χ0n) is 12.3. The van der Waals surface area contributed by atoms with Crippen LogP contribution in [0.1, 0.15) is 43.4 Å². The van der Waals surface area contributed by atoms with Crippen LogP contribution in [-0.4, -0.2) is 24.0 Å². The van der Waals surface area contributed by atoms with Gasteiger partial charge in [0.15, 0.2) is 0 Å². The Balaban J connectivity index is 1.72. The normalized spacial score (nSPS) is 28.1. The summed E-state index contributed by atoms with van der Waals surface area (Å²) in [5.41, 5.74) is 4.55. The zero-order chi connectivity index (χ0) is 13.2. The molecule has 2 nitrogen and oxygen atoms in total. The average molecular weight is 258 g/mol. The van der Waals surface area contributed by atoms with Gasteiger partial charge in [0.05, 0.1) is 0 Å². The van der Waals surface area contributed by atoms with Crippen molar-refractivity contribution >= 4 is 0 Å². The van der Waals surface area contributed by atoms with Crippen molar-refractivity contribution in [2.75, 3.05) is 13.1 Å². The third kappa shape index (κ3) is 2.85. The maximum atomic E-state index is 3.47. The van der Waals surface area contributed by atoms with Crippen LogP contribution in [0.4, 0.5) is 0 Å². The van der Waals surface area contributed by atoms with Gasteiger partial charge in [-0.05, 0) is 61.9 Å². The van der Waals surface area contributed by atoms with Crippen LogP contribution in [0.5, 0.6) is 0 Å². The largest absolute Gasteiger partial charge is 0.312 e. The van der Waals surface area contributed by atoms with Crippen LogP contribution in [0, 0.1) is 5.92 Å². The monoisotopic (exact) mass is 258 g/mol. The first kappa shape index (κ1) is 13.1. The molecule has 2 unspecified atom stereocenters. The van der Waals surface area contributed by atoms with Gasteiger partial charge in [-0.3, -0.25) is 4.90 Å².